The van der Waals surface area contributed by atoms with Gasteiger partial charge < -0.3 is 24.4 Å². The number of dihydropyridines is 1. The summed E-state index contributed by atoms with van der Waals surface area (Å²) in [5, 5.41) is 21.4. The molecule has 3 aliphatic heterocycles. The number of carbonyl (C=O) groups excluding carboxylic acids is 1. The van der Waals surface area contributed by atoms with E-state index in [1.165, 1.54) is 0 Å². The summed E-state index contributed by atoms with van der Waals surface area (Å²) in [6.45, 7) is 2.52. The Bertz CT molecular complexity index is 1190. The van der Waals surface area contributed by atoms with E-state index >= 15 is 0 Å². The third-order valence-corrected chi connectivity index (χ3v) is 6.61. The predicted molar refractivity (Wildman–Crippen MR) is 121 cm³/mol. The Morgan fingerprint density at radius 2 is 2.09 bits per heavy atom. The van der Waals surface area contributed by atoms with Crippen LogP contribution in [0.25, 0.3) is 0 Å². The Morgan fingerprint density at radius 1 is 1.34 bits per heavy atom. The van der Waals surface area contributed by atoms with Crippen LogP contribution < -0.4 is 5.56 Å². The van der Waals surface area contributed by atoms with Crippen LogP contribution in [0.2, 0.25) is 0 Å². The average molecular weight is 460 g/mol. The van der Waals surface area contributed by atoms with Crippen molar-refractivity contribution in [3.63, 3.8) is 0 Å². The number of hydrogen-bond acceptors (Lipinski definition) is 7. The molecule has 170 valence electrons. The van der Waals surface area contributed by atoms with Crippen molar-refractivity contribution in [1.82, 2.24) is 9.47 Å². The number of carbonyl (C=O) groups is 1. The van der Waals surface area contributed by atoms with E-state index < -0.39 is 11.6 Å². The number of aromatic nitrogens is 1. The summed E-state index contributed by atoms with van der Waals surface area (Å²) >= 11 is 0. The Hall–Kier alpha value is -2.68. The lowest BCUT2D eigenvalue weighted by atomic mass is 9.81. The maximum Gasteiger partial charge on any atom is 0.343 e. The number of fused-ring (bicyclic) bond motifs is 5. The van der Waals surface area contributed by atoms with Crippen LogP contribution in [0.3, 0.4) is 0 Å². The number of cyclic esters (lactones) is 1. The van der Waals surface area contributed by atoms with Crippen molar-refractivity contribution in [2.24, 2.45) is 10.9 Å². The summed E-state index contributed by atoms with van der Waals surface area (Å²) in [5.41, 5.74) is 1.65. The first-order chi connectivity index (χ1) is 14.7. The molecule has 0 spiro atoms. The van der Waals surface area contributed by atoms with Gasteiger partial charge in [0, 0.05) is 18.0 Å². The third-order valence-electron chi connectivity index (χ3n) is 6.61. The van der Waals surface area contributed by atoms with Gasteiger partial charge in [-0.2, -0.15) is 0 Å². The van der Waals surface area contributed by atoms with Crippen LogP contribution in [-0.2, 0) is 28.3 Å². The van der Waals surface area contributed by atoms with Gasteiger partial charge in [0.2, 0.25) is 0 Å². The van der Waals surface area contributed by atoms with E-state index in [0.717, 1.165) is 11.1 Å². The van der Waals surface area contributed by atoms with E-state index in [2.05, 4.69) is 6.08 Å². The summed E-state index contributed by atoms with van der Waals surface area (Å²) in [6.07, 6.45) is 5.76. The summed E-state index contributed by atoms with van der Waals surface area (Å²) < 4.78 is 6.75. The quantitative estimate of drug-likeness (QED) is 0.665. The van der Waals surface area contributed by atoms with Crippen molar-refractivity contribution in [3.05, 3.63) is 68.4 Å². The number of hydrogen-bond donors (Lipinski definition) is 2. The van der Waals surface area contributed by atoms with Crippen molar-refractivity contribution >= 4 is 24.1 Å². The van der Waals surface area contributed by atoms with Crippen molar-refractivity contribution in [1.29, 1.82) is 0 Å². The molecule has 3 atom stereocenters. The van der Waals surface area contributed by atoms with Gasteiger partial charge in [-0.1, -0.05) is 19.1 Å². The van der Waals surface area contributed by atoms with Gasteiger partial charge >= 0.3 is 5.97 Å². The highest BCUT2D eigenvalue weighted by Gasteiger charge is 2.46. The van der Waals surface area contributed by atoms with Crippen LogP contribution in [0.4, 0.5) is 0 Å². The van der Waals surface area contributed by atoms with Crippen LogP contribution in [0.5, 0.6) is 0 Å². The van der Waals surface area contributed by atoms with Gasteiger partial charge in [0.25, 0.3) is 5.56 Å². The van der Waals surface area contributed by atoms with E-state index in [1.807, 2.05) is 25.1 Å². The lowest BCUT2D eigenvalue weighted by molar-refractivity contribution is -0.172. The zero-order valence-electron chi connectivity index (χ0n) is 18.2. The van der Waals surface area contributed by atoms with Gasteiger partial charge in [-0.25, -0.2) is 4.79 Å². The fourth-order valence-electron chi connectivity index (χ4n) is 4.95. The number of ether oxygens (including phenoxy) is 1. The largest absolute Gasteiger partial charge is 0.508 e. The molecule has 4 heterocycles. The average Bonchev–Trinajstić information content (AvgIpc) is 3.10. The zero-order chi connectivity index (χ0) is 22.1. The highest BCUT2D eigenvalue weighted by molar-refractivity contribution is 6.14. The van der Waals surface area contributed by atoms with Gasteiger partial charge in [0.15, 0.2) is 5.60 Å². The highest BCUT2D eigenvalue weighted by Crippen LogP contribution is 2.39. The molecule has 2 N–H and O–H groups in total. The maximum atomic E-state index is 13.2. The molecule has 4 aliphatic rings. The summed E-state index contributed by atoms with van der Waals surface area (Å²) in [6, 6.07) is 1.54. The standard InChI is InChI=1S/C23H25N3O5.ClH/c1-4-23(30)16-8-18-20-12(9-26(18)21(28)15(16)11-31-22(23)29)7-13-14(10-25(2)3)19(27)6-5-17(13)24-20;/h5-8,13,17,27,30H,4,9-11H2,1-3H3;1H/t13?,17?,23-;/m0./s1. The van der Waals surface area contributed by atoms with Crippen LogP contribution in [0, 0.1) is 5.92 Å². The Morgan fingerprint density at radius 3 is 2.78 bits per heavy atom. The molecule has 0 bridgehead atoms. The van der Waals surface area contributed by atoms with E-state index in [-0.39, 0.29) is 48.7 Å². The monoisotopic (exact) mass is 459 g/mol. The minimum absolute atomic E-state index is 0. The number of allylic oxidation sites excluding steroid dienone is 2. The van der Waals surface area contributed by atoms with Crippen molar-refractivity contribution in [2.45, 2.75) is 38.1 Å². The van der Waals surface area contributed by atoms with E-state index in [4.69, 9.17) is 9.73 Å². The number of halogens is 1. The molecule has 0 aromatic carbocycles. The van der Waals surface area contributed by atoms with Crippen molar-refractivity contribution in [3.8, 4) is 0 Å². The molecule has 0 amide bonds. The summed E-state index contributed by atoms with van der Waals surface area (Å²) in [7, 11) is 3.90. The predicted octanol–water partition coefficient (Wildman–Crippen LogP) is 1.60. The molecule has 9 heteroatoms. The Balaban J connectivity index is 0.00000245. The van der Waals surface area contributed by atoms with Gasteiger partial charge in [-0.3, -0.25) is 9.79 Å². The lowest BCUT2D eigenvalue weighted by Crippen LogP contribution is -2.44. The van der Waals surface area contributed by atoms with Crippen LogP contribution >= 0.6 is 12.4 Å². The van der Waals surface area contributed by atoms with Gasteiger partial charge in [0.1, 0.15) is 12.4 Å². The number of nitrogens with zero attached hydrogens (tertiary/aromatic N) is 3. The molecular formula is C23H26ClN3O5. The third kappa shape index (κ3) is 3.09. The molecule has 2 unspecified atom stereocenters. The number of aliphatic hydroxyl groups excluding tert-OH is 1. The number of esters is 1. The number of likely N-dealkylation sites (N-methyl/N-ethyl adjacent to an activating group) is 1. The molecule has 1 aromatic heterocycles. The summed E-state index contributed by atoms with van der Waals surface area (Å²) in [4.78, 5) is 32.5. The molecule has 5 rings (SSSR count). The molecule has 8 nitrogen and oxygen atoms in total. The first-order valence-corrected chi connectivity index (χ1v) is 10.5. The first kappa shape index (κ1) is 22.5. The molecule has 0 saturated carbocycles. The van der Waals surface area contributed by atoms with Crippen LogP contribution in [-0.4, -0.2) is 58.0 Å². The minimum Gasteiger partial charge on any atom is -0.508 e. The topological polar surface area (TPSA) is 104 Å². The minimum atomic E-state index is -1.83. The molecular weight excluding hydrogens is 434 g/mol. The first-order valence-electron chi connectivity index (χ1n) is 10.5. The molecule has 0 radical (unpaired) electrons. The molecule has 1 aliphatic carbocycles. The summed E-state index contributed by atoms with van der Waals surface area (Å²) in [5.74, 6) is -0.545. The normalized spacial score (nSPS) is 27.6. The molecule has 0 saturated heterocycles. The van der Waals surface area contributed by atoms with Gasteiger partial charge in [0.05, 0.1) is 29.6 Å². The van der Waals surface area contributed by atoms with Crippen LogP contribution in [0.1, 0.15) is 30.2 Å². The molecule has 0 fully saturated rings. The van der Waals surface area contributed by atoms with E-state index in [9.17, 15) is 19.8 Å². The number of aliphatic hydroxyl groups is 2. The Labute approximate surface area is 191 Å². The second-order valence-corrected chi connectivity index (χ2v) is 8.80. The number of rotatable bonds is 3. The highest BCUT2D eigenvalue weighted by atomic mass is 35.5. The smallest absolute Gasteiger partial charge is 0.343 e. The van der Waals surface area contributed by atoms with Crippen molar-refractivity contribution < 1.29 is 19.7 Å². The number of pyridine rings is 1. The SMILES string of the molecule is CC[C@@]1(O)C(=O)OCc2c1cc1n(c2=O)CC2=CC3C(CN(C)C)=C(O)C=CC3N=C21.Cl. The molecule has 32 heavy (non-hydrogen) atoms. The van der Waals surface area contributed by atoms with Crippen molar-refractivity contribution in [2.75, 3.05) is 20.6 Å². The molecule has 1 aromatic rings. The van der Waals surface area contributed by atoms with Crippen LogP contribution in [0.15, 0.2) is 51.0 Å². The fraction of sp³-hybridized carbons (Fsp3) is 0.435. The Kier molecular flexibility index (Phi) is 5.43. The number of aliphatic imine (C=N–C) groups is 1. The van der Waals surface area contributed by atoms with Gasteiger partial charge in [-0.15, -0.1) is 12.4 Å². The maximum absolute atomic E-state index is 13.2. The zero-order valence-corrected chi connectivity index (χ0v) is 19.0. The second-order valence-electron chi connectivity index (χ2n) is 8.80. The van der Waals surface area contributed by atoms with E-state index in [0.29, 0.717) is 35.6 Å². The van der Waals surface area contributed by atoms with Gasteiger partial charge in [-0.05, 0) is 43.8 Å². The lowest BCUT2D eigenvalue weighted by Gasteiger charge is -2.32. The second kappa shape index (κ2) is 7.72. The fourth-order valence-corrected chi connectivity index (χ4v) is 4.95. The van der Waals surface area contributed by atoms with E-state index in [1.54, 1.807) is 23.6 Å².